The minimum atomic E-state index is -0.136. The number of amides is 1. The minimum absolute atomic E-state index is 0.0541. The molecule has 2 aromatic heterocycles. The summed E-state index contributed by atoms with van der Waals surface area (Å²) < 4.78 is 2.01. The summed E-state index contributed by atoms with van der Waals surface area (Å²) in [5, 5.41) is 1.91. The molecule has 19 heavy (non-hydrogen) atoms. The van der Waals surface area contributed by atoms with Crippen LogP contribution in [0.2, 0.25) is 0 Å². The molecule has 5 nitrogen and oxygen atoms in total. The summed E-state index contributed by atoms with van der Waals surface area (Å²) in [6.45, 7) is 7.13. The summed E-state index contributed by atoms with van der Waals surface area (Å²) in [6, 6.07) is 0. The molecule has 2 heterocycles. The van der Waals surface area contributed by atoms with E-state index >= 15 is 0 Å². The van der Waals surface area contributed by atoms with Gasteiger partial charge < -0.3 is 4.90 Å². The first kappa shape index (κ1) is 13.7. The van der Waals surface area contributed by atoms with Crippen LogP contribution >= 0.6 is 11.3 Å². The lowest BCUT2D eigenvalue weighted by Gasteiger charge is -2.18. The molecule has 0 spiro atoms. The number of likely N-dealkylation sites (N-methyl/N-ethyl adjacent to an activating group) is 1. The van der Waals surface area contributed by atoms with Gasteiger partial charge in [-0.3, -0.25) is 14.2 Å². The molecule has 0 radical (unpaired) electrons. The van der Waals surface area contributed by atoms with Gasteiger partial charge in [-0.15, -0.1) is 11.3 Å². The maximum atomic E-state index is 12.2. The van der Waals surface area contributed by atoms with Crippen LogP contribution in [0.5, 0.6) is 0 Å². The number of thiophene rings is 1. The molecule has 0 atom stereocenters. The molecule has 0 saturated heterocycles. The molecule has 0 aliphatic heterocycles. The number of nitrogens with zero attached hydrogens (tertiary/aromatic N) is 3. The zero-order valence-corrected chi connectivity index (χ0v) is 12.2. The summed E-state index contributed by atoms with van der Waals surface area (Å²) in [5.41, 5.74) is 1.60. The first-order chi connectivity index (χ1) is 9.08. The standard InChI is InChI=1S/C13H17N3O2S/c1-4-15(5-2)10(17)6-16-8-14-11-9(3)7-19-12(11)13(16)18/h7-8H,4-6H2,1-3H3. The number of fused-ring (bicyclic) bond motifs is 1. The van der Waals surface area contributed by atoms with Gasteiger partial charge in [-0.2, -0.15) is 0 Å². The average molecular weight is 279 g/mol. The summed E-state index contributed by atoms with van der Waals surface area (Å²) in [4.78, 5) is 30.2. The molecular formula is C13H17N3O2S. The molecule has 0 bridgehead atoms. The highest BCUT2D eigenvalue weighted by Crippen LogP contribution is 2.19. The van der Waals surface area contributed by atoms with Crippen molar-refractivity contribution in [1.29, 1.82) is 0 Å². The molecule has 0 fully saturated rings. The number of aromatic nitrogens is 2. The molecule has 0 aliphatic carbocycles. The van der Waals surface area contributed by atoms with Crippen molar-refractivity contribution >= 4 is 27.5 Å². The van der Waals surface area contributed by atoms with E-state index in [0.29, 0.717) is 17.8 Å². The molecule has 2 rings (SSSR count). The topological polar surface area (TPSA) is 55.2 Å². The monoisotopic (exact) mass is 279 g/mol. The quantitative estimate of drug-likeness (QED) is 0.855. The van der Waals surface area contributed by atoms with Gasteiger partial charge in [0.1, 0.15) is 11.2 Å². The van der Waals surface area contributed by atoms with Crippen molar-refractivity contribution in [2.75, 3.05) is 13.1 Å². The Morgan fingerprint density at radius 1 is 1.42 bits per heavy atom. The molecule has 0 saturated carbocycles. The zero-order valence-electron chi connectivity index (χ0n) is 11.3. The van der Waals surface area contributed by atoms with Crippen LogP contribution in [0.3, 0.4) is 0 Å². The maximum absolute atomic E-state index is 12.2. The van der Waals surface area contributed by atoms with E-state index in [2.05, 4.69) is 4.98 Å². The third-order valence-corrected chi connectivity index (χ3v) is 4.22. The lowest BCUT2D eigenvalue weighted by atomic mass is 10.3. The Balaban J connectivity index is 2.34. The van der Waals surface area contributed by atoms with Crippen LogP contribution in [-0.2, 0) is 11.3 Å². The molecule has 0 unspecified atom stereocenters. The van der Waals surface area contributed by atoms with Gasteiger partial charge in [-0.25, -0.2) is 4.98 Å². The van der Waals surface area contributed by atoms with Crippen LogP contribution in [0.4, 0.5) is 0 Å². The summed E-state index contributed by atoms with van der Waals surface area (Å²) >= 11 is 1.38. The molecular weight excluding hydrogens is 262 g/mol. The van der Waals surface area contributed by atoms with Crippen LogP contribution in [-0.4, -0.2) is 33.4 Å². The fraction of sp³-hybridized carbons (Fsp3) is 0.462. The van der Waals surface area contributed by atoms with E-state index in [4.69, 9.17) is 0 Å². The Bertz CT molecular complexity index is 655. The predicted molar refractivity (Wildman–Crippen MR) is 76.5 cm³/mol. The van der Waals surface area contributed by atoms with E-state index < -0.39 is 0 Å². The van der Waals surface area contributed by atoms with E-state index in [1.807, 2.05) is 26.2 Å². The van der Waals surface area contributed by atoms with Gasteiger partial charge in [0.05, 0.1) is 11.8 Å². The Kier molecular flexibility index (Phi) is 3.99. The normalized spacial score (nSPS) is 10.9. The fourth-order valence-electron chi connectivity index (χ4n) is 2.00. The van der Waals surface area contributed by atoms with Crippen molar-refractivity contribution in [2.45, 2.75) is 27.3 Å². The molecule has 6 heteroatoms. The highest BCUT2D eigenvalue weighted by Gasteiger charge is 2.13. The van der Waals surface area contributed by atoms with Crippen LogP contribution in [0.1, 0.15) is 19.4 Å². The van der Waals surface area contributed by atoms with E-state index in [0.717, 1.165) is 11.1 Å². The molecule has 0 aromatic carbocycles. The van der Waals surface area contributed by atoms with E-state index in [1.54, 1.807) is 4.90 Å². The lowest BCUT2D eigenvalue weighted by Crippen LogP contribution is -2.36. The van der Waals surface area contributed by atoms with Crippen LogP contribution < -0.4 is 5.56 Å². The van der Waals surface area contributed by atoms with Gasteiger partial charge in [0, 0.05) is 13.1 Å². The summed E-state index contributed by atoms with van der Waals surface area (Å²) in [7, 11) is 0. The van der Waals surface area contributed by atoms with Gasteiger partial charge in [0.2, 0.25) is 5.91 Å². The van der Waals surface area contributed by atoms with Crippen LogP contribution in [0, 0.1) is 6.92 Å². The molecule has 1 amide bonds. The lowest BCUT2D eigenvalue weighted by molar-refractivity contribution is -0.131. The van der Waals surface area contributed by atoms with Crippen LogP contribution in [0.25, 0.3) is 10.2 Å². The number of carbonyl (C=O) groups excluding carboxylic acids is 1. The molecule has 0 N–H and O–H groups in total. The van der Waals surface area contributed by atoms with E-state index in [1.165, 1.54) is 22.2 Å². The Labute approximate surface area is 115 Å². The fourth-order valence-corrected chi connectivity index (χ4v) is 2.94. The van der Waals surface area contributed by atoms with Crippen molar-refractivity contribution in [2.24, 2.45) is 0 Å². The number of hydrogen-bond donors (Lipinski definition) is 0. The van der Waals surface area contributed by atoms with E-state index in [9.17, 15) is 9.59 Å². The van der Waals surface area contributed by atoms with Crippen molar-refractivity contribution in [3.8, 4) is 0 Å². The second-order valence-electron chi connectivity index (χ2n) is 4.34. The summed E-state index contributed by atoms with van der Waals surface area (Å²) in [6.07, 6.45) is 1.46. The molecule has 102 valence electrons. The predicted octanol–water partition coefficient (Wildman–Crippen LogP) is 1.63. The van der Waals surface area contributed by atoms with Gasteiger partial charge in [0.15, 0.2) is 0 Å². The maximum Gasteiger partial charge on any atom is 0.271 e. The van der Waals surface area contributed by atoms with Crippen molar-refractivity contribution < 1.29 is 4.79 Å². The minimum Gasteiger partial charge on any atom is -0.342 e. The Hall–Kier alpha value is -1.69. The van der Waals surface area contributed by atoms with Crippen molar-refractivity contribution in [3.05, 3.63) is 27.6 Å². The van der Waals surface area contributed by atoms with Crippen molar-refractivity contribution in [3.63, 3.8) is 0 Å². The largest absolute Gasteiger partial charge is 0.342 e. The number of rotatable bonds is 4. The van der Waals surface area contributed by atoms with Gasteiger partial charge in [0.25, 0.3) is 5.56 Å². The first-order valence-electron chi connectivity index (χ1n) is 6.29. The Morgan fingerprint density at radius 2 is 2.11 bits per heavy atom. The molecule has 0 aliphatic rings. The van der Waals surface area contributed by atoms with E-state index in [-0.39, 0.29) is 18.0 Å². The SMILES string of the molecule is CCN(CC)C(=O)Cn1cnc2c(C)csc2c1=O. The smallest absolute Gasteiger partial charge is 0.271 e. The highest BCUT2D eigenvalue weighted by atomic mass is 32.1. The molecule has 2 aromatic rings. The van der Waals surface area contributed by atoms with Crippen LogP contribution in [0.15, 0.2) is 16.5 Å². The van der Waals surface area contributed by atoms with Crippen molar-refractivity contribution in [1.82, 2.24) is 14.5 Å². The summed E-state index contributed by atoms with van der Waals surface area (Å²) in [5.74, 6) is -0.0541. The number of carbonyl (C=O) groups is 1. The first-order valence-corrected chi connectivity index (χ1v) is 7.17. The third kappa shape index (κ3) is 2.53. The zero-order chi connectivity index (χ0) is 14.0. The number of aryl methyl sites for hydroxylation is 1. The average Bonchev–Trinajstić information content (AvgIpc) is 2.77. The number of hydrogen-bond acceptors (Lipinski definition) is 4. The van der Waals surface area contributed by atoms with Gasteiger partial charge in [-0.05, 0) is 31.7 Å². The van der Waals surface area contributed by atoms with Gasteiger partial charge in [-0.1, -0.05) is 0 Å². The Morgan fingerprint density at radius 3 is 2.74 bits per heavy atom. The highest BCUT2D eigenvalue weighted by molar-refractivity contribution is 7.17. The second-order valence-corrected chi connectivity index (χ2v) is 5.22. The second kappa shape index (κ2) is 5.52. The third-order valence-electron chi connectivity index (χ3n) is 3.15. The van der Waals surface area contributed by atoms with Gasteiger partial charge >= 0.3 is 0 Å².